The molecule has 164 valence electrons. The Kier molecular flexibility index (Phi) is 5.80. The van der Waals surface area contributed by atoms with E-state index in [1.54, 1.807) is 6.07 Å². The van der Waals surface area contributed by atoms with Crippen LogP contribution in [0, 0.1) is 6.92 Å². The van der Waals surface area contributed by atoms with Crippen LogP contribution in [-0.2, 0) is 10.9 Å². The highest BCUT2D eigenvalue weighted by Gasteiger charge is 2.34. The highest BCUT2D eigenvalue weighted by Crippen LogP contribution is 2.33. The molecule has 0 bridgehead atoms. The van der Waals surface area contributed by atoms with Crippen LogP contribution in [-0.4, -0.2) is 30.4 Å². The molecule has 5 nitrogen and oxygen atoms in total. The van der Waals surface area contributed by atoms with Gasteiger partial charge in [-0.15, -0.1) is 0 Å². The second kappa shape index (κ2) is 8.55. The van der Waals surface area contributed by atoms with Gasteiger partial charge in [-0.2, -0.15) is 13.2 Å². The van der Waals surface area contributed by atoms with Crippen molar-refractivity contribution in [3.8, 4) is 11.1 Å². The van der Waals surface area contributed by atoms with Crippen molar-refractivity contribution in [1.82, 2.24) is 4.98 Å². The SMILES string of the molecule is Cc1ncc(NC(=O)c2ccc(C=O)c(C(F)(F)F)c2)cc1-c1cccc(C2COC2)c1. The Bertz CT molecular complexity index is 1190. The first kappa shape index (κ1) is 21.7. The van der Waals surface area contributed by atoms with E-state index in [1.807, 2.05) is 25.1 Å². The zero-order valence-electron chi connectivity index (χ0n) is 17.1. The number of aryl methyl sites for hydroxylation is 1. The Balaban J connectivity index is 1.61. The van der Waals surface area contributed by atoms with Crippen LogP contribution < -0.4 is 5.32 Å². The molecule has 2 heterocycles. The van der Waals surface area contributed by atoms with Crippen LogP contribution in [0.3, 0.4) is 0 Å². The summed E-state index contributed by atoms with van der Waals surface area (Å²) in [5.41, 5.74) is 2.09. The number of ether oxygens (including phenoxy) is 1. The van der Waals surface area contributed by atoms with Gasteiger partial charge >= 0.3 is 6.18 Å². The third-order valence-electron chi connectivity index (χ3n) is 5.40. The van der Waals surface area contributed by atoms with Gasteiger partial charge in [-0.05, 0) is 36.2 Å². The molecule has 1 fully saturated rings. The molecule has 1 aromatic heterocycles. The molecule has 0 unspecified atom stereocenters. The average Bonchev–Trinajstić information content (AvgIpc) is 2.73. The minimum Gasteiger partial charge on any atom is -0.380 e. The van der Waals surface area contributed by atoms with E-state index < -0.39 is 23.2 Å². The maximum absolute atomic E-state index is 13.2. The zero-order valence-corrected chi connectivity index (χ0v) is 17.1. The Morgan fingerprint density at radius 3 is 2.59 bits per heavy atom. The molecular weight excluding hydrogens is 421 g/mol. The molecule has 1 aliphatic heterocycles. The number of alkyl halides is 3. The molecule has 3 aromatic rings. The molecule has 1 aliphatic rings. The highest BCUT2D eigenvalue weighted by molar-refractivity contribution is 6.05. The predicted molar refractivity (Wildman–Crippen MR) is 113 cm³/mol. The standard InChI is InChI=1S/C24H19F3N2O3/c1-14-21(16-4-2-3-15(7-16)19-12-32-13-19)9-20(10-28-14)29-23(31)17-5-6-18(11-30)22(8-17)24(25,26)27/h2-11,19H,12-13H2,1H3,(H,29,31). The van der Waals surface area contributed by atoms with Crippen LogP contribution >= 0.6 is 0 Å². The summed E-state index contributed by atoms with van der Waals surface area (Å²) in [6.07, 6.45) is -3.18. The lowest BCUT2D eigenvalue weighted by molar-refractivity contribution is -0.137. The van der Waals surface area contributed by atoms with Crippen molar-refractivity contribution in [2.45, 2.75) is 19.0 Å². The van der Waals surface area contributed by atoms with Gasteiger partial charge in [0.25, 0.3) is 5.91 Å². The quantitative estimate of drug-likeness (QED) is 0.550. The number of carbonyl (C=O) groups is 2. The van der Waals surface area contributed by atoms with Gasteiger partial charge in [0, 0.05) is 28.3 Å². The fourth-order valence-electron chi connectivity index (χ4n) is 3.53. The Morgan fingerprint density at radius 1 is 1.16 bits per heavy atom. The number of aldehydes is 1. The smallest absolute Gasteiger partial charge is 0.380 e. The molecule has 0 radical (unpaired) electrons. The summed E-state index contributed by atoms with van der Waals surface area (Å²) >= 11 is 0. The summed E-state index contributed by atoms with van der Waals surface area (Å²) in [4.78, 5) is 27.9. The summed E-state index contributed by atoms with van der Waals surface area (Å²) < 4.78 is 44.9. The number of nitrogens with zero attached hydrogens (tertiary/aromatic N) is 1. The first-order chi connectivity index (χ1) is 15.3. The molecule has 1 N–H and O–H groups in total. The minimum absolute atomic E-state index is 0.116. The van der Waals surface area contributed by atoms with Crippen LogP contribution in [0.2, 0.25) is 0 Å². The van der Waals surface area contributed by atoms with E-state index in [4.69, 9.17) is 4.74 Å². The number of pyridine rings is 1. The van der Waals surface area contributed by atoms with Crippen LogP contribution in [0.5, 0.6) is 0 Å². The van der Waals surface area contributed by atoms with Crippen molar-refractivity contribution in [2.75, 3.05) is 18.5 Å². The summed E-state index contributed by atoms with van der Waals surface area (Å²) in [5.74, 6) is -0.381. The molecule has 0 aliphatic carbocycles. The first-order valence-corrected chi connectivity index (χ1v) is 9.89. The maximum atomic E-state index is 13.2. The molecule has 4 rings (SSSR count). The molecule has 1 amide bonds. The molecule has 0 atom stereocenters. The topological polar surface area (TPSA) is 68.3 Å². The van der Waals surface area contributed by atoms with Gasteiger partial charge in [0.15, 0.2) is 6.29 Å². The van der Waals surface area contributed by atoms with E-state index >= 15 is 0 Å². The number of rotatable bonds is 5. The first-order valence-electron chi connectivity index (χ1n) is 9.89. The summed E-state index contributed by atoms with van der Waals surface area (Å²) in [5, 5.41) is 2.59. The second-order valence-corrected chi connectivity index (χ2v) is 7.59. The number of aromatic nitrogens is 1. The lowest BCUT2D eigenvalue weighted by Gasteiger charge is -2.26. The van der Waals surface area contributed by atoms with Crippen molar-refractivity contribution < 1.29 is 27.5 Å². The fraction of sp³-hybridized carbons (Fsp3) is 0.208. The summed E-state index contributed by atoms with van der Waals surface area (Å²) in [6, 6.07) is 12.5. The molecule has 0 spiro atoms. The van der Waals surface area contributed by atoms with Gasteiger partial charge in [0.2, 0.25) is 0 Å². The number of nitrogens with one attached hydrogen (secondary N) is 1. The summed E-state index contributed by atoms with van der Waals surface area (Å²) in [7, 11) is 0. The minimum atomic E-state index is -4.75. The molecule has 2 aromatic carbocycles. The third-order valence-corrected chi connectivity index (χ3v) is 5.40. The van der Waals surface area contributed by atoms with Gasteiger partial charge in [-0.25, -0.2) is 0 Å². The van der Waals surface area contributed by atoms with Gasteiger partial charge in [0.05, 0.1) is 30.7 Å². The van der Waals surface area contributed by atoms with E-state index in [9.17, 15) is 22.8 Å². The van der Waals surface area contributed by atoms with Gasteiger partial charge in [0.1, 0.15) is 0 Å². The van der Waals surface area contributed by atoms with Crippen molar-refractivity contribution in [3.05, 3.63) is 82.7 Å². The van der Waals surface area contributed by atoms with E-state index in [-0.39, 0.29) is 11.8 Å². The predicted octanol–water partition coefficient (Wildman–Crippen LogP) is 5.25. The van der Waals surface area contributed by atoms with Crippen LogP contribution in [0.25, 0.3) is 11.1 Å². The number of anilines is 1. The average molecular weight is 440 g/mol. The monoisotopic (exact) mass is 440 g/mol. The molecule has 0 saturated carbocycles. The molecule has 1 saturated heterocycles. The van der Waals surface area contributed by atoms with Crippen molar-refractivity contribution >= 4 is 17.9 Å². The summed E-state index contributed by atoms with van der Waals surface area (Å²) in [6.45, 7) is 3.20. The molecular formula is C24H19F3N2O3. The van der Waals surface area contributed by atoms with Crippen LogP contribution in [0.4, 0.5) is 18.9 Å². The van der Waals surface area contributed by atoms with E-state index in [0.29, 0.717) is 30.9 Å². The molecule has 8 heteroatoms. The fourth-order valence-corrected chi connectivity index (χ4v) is 3.53. The highest BCUT2D eigenvalue weighted by atomic mass is 19.4. The van der Waals surface area contributed by atoms with Crippen LogP contribution in [0.1, 0.15) is 43.5 Å². The largest absolute Gasteiger partial charge is 0.417 e. The normalized spacial score (nSPS) is 14.0. The lowest BCUT2D eigenvalue weighted by atomic mass is 9.93. The van der Waals surface area contributed by atoms with Crippen molar-refractivity contribution in [3.63, 3.8) is 0 Å². The van der Waals surface area contributed by atoms with Gasteiger partial charge in [-0.3, -0.25) is 14.6 Å². The second-order valence-electron chi connectivity index (χ2n) is 7.59. The number of amides is 1. The lowest BCUT2D eigenvalue weighted by Crippen LogP contribution is -2.24. The number of hydrogen-bond donors (Lipinski definition) is 1. The Hall–Kier alpha value is -3.52. The van der Waals surface area contributed by atoms with E-state index in [1.165, 1.54) is 12.3 Å². The molecule has 32 heavy (non-hydrogen) atoms. The zero-order chi connectivity index (χ0) is 22.9. The number of hydrogen-bond acceptors (Lipinski definition) is 4. The van der Waals surface area contributed by atoms with Crippen molar-refractivity contribution in [2.24, 2.45) is 0 Å². The number of halogens is 3. The third kappa shape index (κ3) is 4.40. The van der Waals surface area contributed by atoms with Crippen LogP contribution in [0.15, 0.2) is 54.7 Å². The Morgan fingerprint density at radius 2 is 1.94 bits per heavy atom. The maximum Gasteiger partial charge on any atom is 0.417 e. The number of benzene rings is 2. The van der Waals surface area contributed by atoms with Gasteiger partial charge in [-0.1, -0.05) is 30.3 Å². The van der Waals surface area contributed by atoms with E-state index in [2.05, 4.69) is 16.4 Å². The Labute approximate surface area is 182 Å². The van der Waals surface area contributed by atoms with Gasteiger partial charge < -0.3 is 10.1 Å². The van der Waals surface area contributed by atoms with Crippen molar-refractivity contribution in [1.29, 1.82) is 0 Å². The van der Waals surface area contributed by atoms with E-state index in [0.717, 1.165) is 28.5 Å². The number of carbonyl (C=O) groups excluding carboxylic acids is 2.